The van der Waals surface area contributed by atoms with Gasteiger partial charge in [0, 0.05) is 0 Å². The van der Waals surface area contributed by atoms with Crippen molar-refractivity contribution in [2.45, 2.75) is 70.0 Å². The fraction of sp³-hybridized carbons (Fsp3) is 1.00. The molecule has 4 fully saturated rings. The molecule has 0 bridgehead atoms. The van der Waals surface area contributed by atoms with Gasteiger partial charge in [-0.25, -0.2) is 0 Å². The lowest BCUT2D eigenvalue weighted by molar-refractivity contribution is -0.108. The Morgan fingerprint density at radius 3 is 2.26 bits per heavy atom. The van der Waals surface area contributed by atoms with Gasteiger partial charge in [0.1, 0.15) is 0 Å². The molecule has 2 N–H and O–H groups in total. The van der Waals surface area contributed by atoms with Crippen molar-refractivity contribution >= 4 is 0 Å². The zero-order chi connectivity index (χ0) is 13.0. The van der Waals surface area contributed by atoms with Gasteiger partial charge >= 0.3 is 0 Å². The molecule has 108 valence electrons. The predicted octanol–water partition coefficient (Wildman–Crippen LogP) is 2.97. The second kappa shape index (κ2) is 4.73. The van der Waals surface area contributed by atoms with E-state index in [2.05, 4.69) is 0 Å². The first-order valence-corrected chi connectivity index (χ1v) is 8.60. The summed E-state index contributed by atoms with van der Waals surface area (Å²) in [5.41, 5.74) is 0. The van der Waals surface area contributed by atoms with Gasteiger partial charge in [0.25, 0.3) is 0 Å². The highest BCUT2D eigenvalue weighted by molar-refractivity contribution is 5.01. The van der Waals surface area contributed by atoms with E-state index in [1.54, 1.807) is 0 Å². The molecule has 8 unspecified atom stereocenters. The molecule has 8 atom stereocenters. The third kappa shape index (κ3) is 1.98. The molecule has 0 aliphatic heterocycles. The highest BCUT2D eigenvalue weighted by atomic mass is 16.3. The molecule has 0 heterocycles. The summed E-state index contributed by atoms with van der Waals surface area (Å²) in [7, 11) is 0. The van der Waals surface area contributed by atoms with Crippen LogP contribution in [-0.2, 0) is 0 Å². The summed E-state index contributed by atoms with van der Waals surface area (Å²) in [6, 6.07) is 0. The average molecular weight is 264 g/mol. The third-order valence-electron chi connectivity index (χ3n) is 7.17. The van der Waals surface area contributed by atoms with Gasteiger partial charge in [0.2, 0.25) is 0 Å². The summed E-state index contributed by atoms with van der Waals surface area (Å²) in [5, 5.41) is 20.5. The van der Waals surface area contributed by atoms with Crippen LogP contribution in [0.4, 0.5) is 0 Å². The molecular weight excluding hydrogens is 236 g/mol. The van der Waals surface area contributed by atoms with Crippen LogP contribution < -0.4 is 0 Å². The highest BCUT2D eigenvalue weighted by Crippen LogP contribution is 2.57. The van der Waals surface area contributed by atoms with E-state index >= 15 is 0 Å². The van der Waals surface area contributed by atoms with Crippen LogP contribution in [0.1, 0.15) is 57.8 Å². The lowest BCUT2D eigenvalue weighted by Crippen LogP contribution is -2.50. The molecule has 0 aromatic rings. The molecule has 0 radical (unpaired) electrons. The summed E-state index contributed by atoms with van der Waals surface area (Å²) < 4.78 is 0. The van der Waals surface area contributed by atoms with Gasteiger partial charge in [0.15, 0.2) is 0 Å². The number of aliphatic hydroxyl groups excluding tert-OH is 2. The van der Waals surface area contributed by atoms with Crippen molar-refractivity contribution in [2.24, 2.45) is 35.5 Å². The zero-order valence-electron chi connectivity index (χ0n) is 11.9. The quantitative estimate of drug-likeness (QED) is 0.706. The number of hydrogen-bond acceptors (Lipinski definition) is 2. The fourth-order valence-corrected chi connectivity index (χ4v) is 6.44. The molecule has 4 rings (SSSR count). The van der Waals surface area contributed by atoms with E-state index in [-0.39, 0.29) is 12.2 Å². The van der Waals surface area contributed by atoms with Crippen LogP contribution in [0.3, 0.4) is 0 Å². The van der Waals surface area contributed by atoms with Crippen LogP contribution in [0.2, 0.25) is 0 Å². The molecule has 4 saturated carbocycles. The first-order chi connectivity index (χ1) is 9.24. The monoisotopic (exact) mass is 264 g/mol. The largest absolute Gasteiger partial charge is 0.393 e. The zero-order valence-corrected chi connectivity index (χ0v) is 11.9. The minimum atomic E-state index is -0.143. The Balaban J connectivity index is 1.58. The molecule has 2 heteroatoms. The van der Waals surface area contributed by atoms with E-state index in [0.717, 1.165) is 48.9 Å². The smallest absolute Gasteiger partial charge is 0.0575 e. The van der Waals surface area contributed by atoms with Gasteiger partial charge in [-0.3, -0.25) is 0 Å². The van der Waals surface area contributed by atoms with E-state index < -0.39 is 0 Å². The first-order valence-electron chi connectivity index (χ1n) is 8.60. The van der Waals surface area contributed by atoms with Crippen molar-refractivity contribution in [1.82, 2.24) is 0 Å². The Hall–Kier alpha value is -0.0800. The average Bonchev–Trinajstić information content (AvgIpc) is 2.88. The fourth-order valence-electron chi connectivity index (χ4n) is 6.44. The minimum Gasteiger partial charge on any atom is -0.393 e. The molecule has 0 aromatic heterocycles. The van der Waals surface area contributed by atoms with Crippen LogP contribution in [-0.4, -0.2) is 22.4 Å². The van der Waals surface area contributed by atoms with E-state index in [1.165, 1.54) is 38.5 Å². The Labute approximate surface area is 116 Å². The lowest BCUT2D eigenvalue weighted by Gasteiger charge is -2.54. The predicted molar refractivity (Wildman–Crippen MR) is 74.5 cm³/mol. The van der Waals surface area contributed by atoms with Gasteiger partial charge in [-0.1, -0.05) is 12.8 Å². The van der Waals surface area contributed by atoms with Crippen molar-refractivity contribution < 1.29 is 10.2 Å². The lowest BCUT2D eigenvalue weighted by atomic mass is 9.53. The van der Waals surface area contributed by atoms with Crippen molar-refractivity contribution in [3.05, 3.63) is 0 Å². The van der Waals surface area contributed by atoms with Crippen LogP contribution in [0.15, 0.2) is 0 Å². The molecule has 2 nitrogen and oxygen atoms in total. The molecule has 0 spiro atoms. The number of fused-ring (bicyclic) bond motifs is 5. The second-order valence-electron chi connectivity index (χ2n) is 7.86. The number of rotatable bonds is 0. The normalized spacial score (nSPS) is 57.2. The molecular formula is C17H28O2. The van der Waals surface area contributed by atoms with Gasteiger partial charge in [-0.05, 0) is 80.5 Å². The minimum absolute atomic E-state index is 0.124. The van der Waals surface area contributed by atoms with E-state index in [0.29, 0.717) is 5.92 Å². The second-order valence-corrected chi connectivity index (χ2v) is 7.86. The van der Waals surface area contributed by atoms with Crippen molar-refractivity contribution in [3.8, 4) is 0 Å². The standard InChI is InChI=1S/C17H28O2/c18-11-5-7-14-13-6-4-10-2-1-3-12(10)15(13)9-17(19)16(14)8-11/h10-19H,1-9H2. The van der Waals surface area contributed by atoms with Crippen molar-refractivity contribution in [1.29, 1.82) is 0 Å². The van der Waals surface area contributed by atoms with Crippen molar-refractivity contribution in [2.75, 3.05) is 0 Å². The summed E-state index contributed by atoms with van der Waals surface area (Å²) in [6.07, 6.45) is 11.0. The van der Waals surface area contributed by atoms with E-state index in [1.807, 2.05) is 0 Å². The van der Waals surface area contributed by atoms with Gasteiger partial charge < -0.3 is 10.2 Å². The maximum Gasteiger partial charge on any atom is 0.0575 e. The van der Waals surface area contributed by atoms with Gasteiger partial charge in [0.05, 0.1) is 12.2 Å². The molecule has 0 aromatic carbocycles. The highest BCUT2D eigenvalue weighted by Gasteiger charge is 2.52. The van der Waals surface area contributed by atoms with Crippen LogP contribution in [0.5, 0.6) is 0 Å². The third-order valence-corrected chi connectivity index (χ3v) is 7.17. The van der Waals surface area contributed by atoms with Crippen molar-refractivity contribution in [3.63, 3.8) is 0 Å². The Bertz CT molecular complexity index is 342. The number of hydrogen-bond donors (Lipinski definition) is 2. The summed E-state index contributed by atoms with van der Waals surface area (Å²) in [4.78, 5) is 0. The van der Waals surface area contributed by atoms with Gasteiger partial charge in [-0.15, -0.1) is 0 Å². The maximum atomic E-state index is 10.6. The molecule has 4 aliphatic rings. The Morgan fingerprint density at radius 1 is 0.579 bits per heavy atom. The Morgan fingerprint density at radius 2 is 1.37 bits per heavy atom. The SMILES string of the molecule is OC1CCC2C(C1)C(O)CC1C3CCCC3CCC21. The van der Waals surface area contributed by atoms with Crippen LogP contribution >= 0.6 is 0 Å². The molecule has 19 heavy (non-hydrogen) atoms. The molecule has 0 amide bonds. The maximum absolute atomic E-state index is 10.6. The first kappa shape index (κ1) is 12.6. The van der Waals surface area contributed by atoms with Crippen LogP contribution in [0.25, 0.3) is 0 Å². The molecule has 4 aliphatic carbocycles. The summed E-state index contributed by atoms with van der Waals surface area (Å²) in [5.74, 6) is 4.73. The topological polar surface area (TPSA) is 40.5 Å². The van der Waals surface area contributed by atoms with Gasteiger partial charge in [-0.2, -0.15) is 0 Å². The van der Waals surface area contributed by atoms with Crippen LogP contribution in [0, 0.1) is 35.5 Å². The van der Waals surface area contributed by atoms with E-state index in [9.17, 15) is 10.2 Å². The summed E-state index contributed by atoms with van der Waals surface area (Å²) in [6.45, 7) is 0. The Kier molecular flexibility index (Phi) is 3.15. The number of aliphatic hydroxyl groups is 2. The van der Waals surface area contributed by atoms with E-state index in [4.69, 9.17) is 0 Å². The molecule has 0 saturated heterocycles. The summed E-state index contributed by atoms with van der Waals surface area (Å²) >= 11 is 0.